The van der Waals surface area contributed by atoms with Gasteiger partial charge in [0.1, 0.15) is 11.5 Å². The molecule has 8 heteroatoms. The predicted molar refractivity (Wildman–Crippen MR) is 109 cm³/mol. The molecular weight excluding hydrogens is 380 g/mol. The van der Waals surface area contributed by atoms with Crippen molar-refractivity contribution in [2.45, 2.75) is 18.7 Å². The molecule has 0 aliphatic heterocycles. The SMILES string of the molecule is C=CCNS(=O)(=O)c1cccc(C(=O)Nc2cc(OCC)ccc2OCC)c1. The highest BCUT2D eigenvalue weighted by Crippen LogP contribution is 2.30. The van der Waals surface area contributed by atoms with Gasteiger partial charge in [-0.15, -0.1) is 6.58 Å². The number of ether oxygens (including phenoxy) is 2. The number of hydrogen-bond acceptors (Lipinski definition) is 5. The minimum absolute atomic E-state index is 0.00454. The Morgan fingerprint density at radius 2 is 1.86 bits per heavy atom. The van der Waals surface area contributed by atoms with E-state index in [2.05, 4.69) is 16.6 Å². The topological polar surface area (TPSA) is 93.7 Å². The van der Waals surface area contributed by atoms with Crippen LogP contribution in [-0.4, -0.2) is 34.1 Å². The molecule has 28 heavy (non-hydrogen) atoms. The van der Waals surface area contributed by atoms with Crippen molar-refractivity contribution in [2.75, 3.05) is 25.1 Å². The summed E-state index contributed by atoms with van der Waals surface area (Å²) in [5.74, 6) is 0.623. The number of anilines is 1. The fourth-order valence-electron chi connectivity index (χ4n) is 2.40. The van der Waals surface area contributed by atoms with Gasteiger partial charge >= 0.3 is 0 Å². The fraction of sp³-hybridized carbons (Fsp3) is 0.250. The average Bonchev–Trinajstić information content (AvgIpc) is 2.69. The summed E-state index contributed by atoms with van der Waals surface area (Å²) in [4.78, 5) is 12.7. The van der Waals surface area contributed by atoms with E-state index in [9.17, 15) is 13.2 Å². The molecule has 0 fully saturated rings. The molecule has 2 aromatic rings. The molecule has 150 valence electrons. The number of sulfonamides is 1. The highest BCUT2D eigenvalue weighted by atomic mass is 32.2. The van der Waals surface area contributed by atoms with Crippen LogP contribution in [0.25, 0.3) is 0 Å². The summed E-state index contributed by atoms with van der Waals surface area (Å²) < 4.78 is 37.9. The van der Waals surface area contributed by atoms with Gasteiger partial charge in [-0.2, -0.15) is 0 Å². The van der Waals surface area contributed by atoms with E-state index in [1.807, 2.05) is 13.8 Å². The van der Waals surface area contributed by atoms with E-state index in [1.165, 1.54) is 30.3 Å². The van der Waals surface area contributed by atoms with Gasteiger partial charge in [-0.3, -0.25) is 4.79 Å². The summed E-state index contributed by atoms with van der Waals surface area (Å²) in [5.41, 5.74) is 0.640. The molecule has 2 rings (SSSR count). The van der Waals surface area contributed by atoms with Crippen molar-refractivity contribution in [2.24, 2.45) is 0 Å². The zero-order valence-corrected chi connectivity index (χ0v) is 16.7. The molecule has 0 aromatic heterocycles. The van der Waals surface area contributed by atoms with Gasteiger partial charge in [-0.25, -0.2) is 13.1 Å². The Labute approximate surface area is 165 Å². The van der Waals surface area contributed by atoms with Gasteiger partial charge < -0.3 is 14.8 Å². The van der Waals surface area contributed by atoms with Crippen molar-refractivity contribution in [1.82, 2.24) is 4.72 Å². The lowest BCUT2D eigenvalue weighted by Crippen LogP contribution is -2.24. The molecule has 2 aromatic carbocycles. The number of carbonyl (C=O) groups is 1. The lowest BCUT2D eigenvalue weighted by atomic mass is 10.2. The summed E-state index contributed by atoms with van der Waals surface area (Å²) >= 11 is 0. The van der Waals surface area contributed by atoms with Crippen molar-refractivity contribution in [1.29, 1.82) is 0 Å². The number of carbonyl (C=O) groups excluding carboxylic acids is 1. The second kappa shape index (κ2) is 9.91. The Morgan fingerprint density at radius 1 is 1.11 bits per heavy atom. The minimum atomic E-state index is -3.73. The Morgan fingerprint density at radius 3 is 2.54 bits per heavy atom. The number of amides is 1. The molecule has 0 unspecified atom stereocenters. The standard InChI is InChI=1S/C20H24N2O5S/c1-4-12-21-28(24,25)17-9-7-8-15(13-17)20(23)22-18-14-16(26-5-2)10-11-19(18)27-6-3/h4,7-11,13-14,21H,1,5-6,12H2,2-3H3,(H,22,23). The summed E-state index contributed by atoms with van der Waals surface area (Å²) in [6, 6.07) is 10.9. The van der Waals surface area contributed by atoms with Gasteiger partial charge in [0, 0.05) is 18.2 Å². The quantitative estimate of drug-likeness (QED) is 0.593. The summed E-state index contributed by atoms with van der Waals surface area (Å²) in [6.45, 7) is 8.20. The molecule has 0 spiro atoms. The maximum absolute atomic E-state index is 12.7. The fourth-order valence-corrected chi connectivity index (χ4v) is 3.44. The van der Waals surface area contributed by atoms with Crippen LogP contribution in [0.2, 0.25) is 0 Å². The van der Waals surface area contributed by atoms with Gasteiger partial charge in [-0.05, 0) is 44.2 Å². The Hall–Kier alpha value is -2.84. The molecule has 2 N–H and O–H groups in total. The zero-order chi connectivity index (χ0) is 20.6. The molecule has 0 saturated carbocycles. The van der Waals surface area contributed by atoms with E-state index < -0.39 is 15.9 Å². The first-order valence-electron chi connectivity index (χ1n) is 8.82. The summed E-state index contributed by atoms with van der Waals surface area (Å²) in [7, 11) is -3.73. The number of nitrogens with one attached hydrogen (secondary N) is 2. The third kappa shape index (κ3) is 5.58. The van der Waals surface area contributed by atoms with Crippen molar-refractivity contribution in [3.8, 4) is 11.5 Å². The predicted octanol–water partition coefficient (Wildman–Crippen LogP) is 3.20. The molecule has 7 nitrogen and oxygen atoms in total. The van der Waals surface area contributed by atoms with E-state index in [4.69, 9.17) is 9.47 Å². The zero-order valence-electron chi connectivity index (χ0n) is 15.9. The van der Waals surface area contributed by atoms with Crippen molar-refractivity contribution in [3.63, 3.8) is 0 Å². The molecule has 0 atom stereocenters. The van der Waals surface area contributed by atoms with Crippen LogP contribution < -0.4 is 19.5 Å². The van der Waals surface area contributed by atoms with Crippen LogP contribution in [0, 0.1) is 0 Å². The number of rotatable bonds is 10. The van der Waals surface area contributed by atoms with Crippen molar-refractivity contribution >= 4 is 21.6 Å². The monoisotopic (exact) mass is 404 g/mol. The first-order valence-corrected chi connectivity index (χ1v) is 10.3. The first kappa shape index (κ1) is 21.5. The Bertz CT molecular complexity index is 941. The van der Waals surface area contributed by atoms with Crippen LogP contribution in [-0.2, 0) is 10.0 Å². The van der Waals surface area contributed by atoms with E-state index in [0.717, 1.165) is 0 Å². The number of hydrogen-bond donors (Lipinski definition) is 2. The van der Waals surface area contributed by atoms with E-state index in [0.29, 0.717) is 30.4 Å². The smallest absolute Gasteiger partial charge is 0.255 e. The van der Waals surface area contributed by atoms with Gasteiger partial charge in [-0.1, -0.05) is 12.1 Å². The largest absolute Gasteiger partial charge is 0.494 e. The molecule has 0 radical (unpaired) electrons. The van der Waals surface area contributed by atoms with Crippen LogP contribution in [0.5, 0.6) is 11.5 Å². The molecule has 0 heterocycles. The van der Waals surface area contributed by atoms with Crippen LogP contribution in [0.15, 0.2) is 60.0 Å². The second-order valence-corrected chi connectivity index (χ2v) is 7.41. The third-order valence-electron chi connectivity index (χ3n) is 3.63. The van der Waals surface area contributed by atoms with Crippen molar-refractivity contribution in [3.05, 3.63) is 60.7 Å². The summed E-state index contributed by atoms with van der Waals surface area (Å²) in [6.07, 6.45) is 1.44. The van der Waals surface area contributed by atoms with Crippen LogP contribution in [0.1, 0.15) is 24.2 Å². The van der Waals surface area contributed by atoms with E-state index in [1.54, 1.807) is 18.2 Å². The van der Waals surface area contributed by atoms with Gasteiger partial charge in [0.25, 0.3) is 5.91 Å². The van der Waals surface area contributed by atoms with Gasteiger partial charge in [0.05, 0.1) is 23.8 Å². The van der Waals surface area contributed by atoms with Crippen LogP contribution >= 0.6 is 0 Å². The van der Waals surface area contributed by atoms with E-state index >= 15 is 0 Å². The Balaban J connectivity index is 2.29. The average molecular weight is 404 g/mol. The third-order valence-corrected chi connectivity index (χ3v) is 5.06. The maximum Gasteiger partial charge on any atom is 0.255 e. The molecular formula is C20H24N2O5S. The highest BCUT2D eigenvalue weighted by molar-refractivity contribution is 7.89. The molecule has 0 aliphatic rings. The van der Waals surface area contributed by atoms with Gasteiger partial charge in [0.15, 0.2) is 0 Å². The molecule has 1 amide bonds. The summed E-state index contributed by atoms with van der Waals surface area (Å²) in [5, 5.41) is 2.76. The highest BCUT2D eigenvalue weighted by Gasteiger charge is 2.17. The molecule has 0 bridgehead atoms. The lowest BCUT2D eigenvalue weighted by molar-refractivity contribution is 0.102. The normalized spacial score (nSPS) is 10.9. The molecule has 0 aliphatic carbocycles. The van der Waals surface area contributed by atoms with Crippen LogP contribution in [0.4, 0.5) is 5.69 Å². The van der Waals surface area contributed by atoms with Crippen molar-refractivity contribution < 1.29 is 22.7 Å². The molecule has 0 saturated heterocycles. The minimum Gasteiger partial charge on any atom is -0.494 e. The van der Waals surface area contributed by atoms with Crippen LogP contribution in [0.3, 0.4) is 0 Å². The van der Waals surface area contributed by atoms with E-state index in [-0.39, 0.29) is 17.0 Å². The second-order valence-electron chi connectivity index (χ2n) is 5.65. The lowest BCUT2D eigenvalue weighted by Gasteiger charge is -2.14. The Kier molecular flexibility index (Phi) is 7.60. The van der Waals surface area contributed by atoms with Gasteiger partial charge in [0.2, 0.25) is 10.0 Å². The first-order chi connectivity index (χ1) is 13.4. The number of benzene rings is 2. The maximum atomic E-state index is 12.7.